The van der Waals surface area contributed by atoms with Crippen molar-refractivity contribution >= 4 is 11.7 Å². The number of rotatable bonds is 7. The molecule has 126 valence electrons. The van der Waals surface area contributed by atoms with E-state index in [2.05, 4.69) is 11.2 Å². The van der Waals surface area contributed by atoms with Crippen molar-refractivity contribution in [2.45, 2.75) is 39.8 Å². The van der Waals surface area contributed by atoms with Crippen molar-refractivity contribution in [2.75, 3.05) is 5.32 Å². The zero-order valence-corrected chi connectivity index (χ0v) is 14.3. The van der Waals surface area contributed by atoms with Crippen LogP contribution >= 0.6 is 0 Å². The van der Waals surface area contributed by atoms with Gasteiger partial charge >= 0.3 is 5.97 Å². The summed E-state index contributed by atoms with van der Waals surface area (Å²) >= 11 is 0. The molecule has 0 radical (unpaired) electrons. The van der Waals surface area contributed by atoms with Crippen LogP contribution in [0.3, 0.4) is 0 Å². The number of benzene rings is 1. The average Bonchev–Trinajstić information content (AvgIpc) is 3.00. The van der Waals surface area contributed by atoms with Crippen LogP contribution in [0.5, 0.6) is 0 Å². The molecule has 0 aliphatic carbocycles. The van der Waals surface area contributed by atoms with E-state index in [1.165, 1.54) is 5.56 Å². The van der Waals surface area contributed by atoms with Crippen LogP contribution in [0.2, 0.25) is 0 Å². The molecule has 1 atom stereocenters. The van der Waals surface area contributed by atoms with Gasteiger partial charge in [0.25, 0.3) is 0 Å². The van der Waals surface area contributed by atoms with Gasteiger partial charge < -0.3 is 14.5 Å². The first kappa shape index (κ1) is 17.7. The maximum atomic E-state index is 12.4. The van der Waals surface area contributed by atoms with Crippen molar-refractivity contribution in [2.24, 2.45) is 5.92 Å². The molecule has 0 saturated heterocycles. The molecule has 2 rings (SSSR count). The molecule has 24 heavy (non-hydrogen) atoms. The summed E-state index contributed by atoms with van der Waals surface area (Å²) < 4.78 is 10.9. The van der Waals surface area contributed by atoms with Crippen LogP contribution in [0, 0.1) is 25.2 Å². The summed E-state index contributed by atoms with van der Waals surface area (Å²) in [5.41, 5.74) is 2.07. The molecular formula is C20H23NO3. The highest BCUT2D eigenvalue weighted by Crippen LogP contribution is 2.16. The lowest BCUT2D eigenvalue weighted by atomic mass is 10.0. The van der Waals surface area contributed by atoms with Gasteiger partial charge in [0.2, 0.25) is 0 Å². The molecule has 0 amide bonds. The van der Waals surface area contributed by atoms with E-state index in [-0.39, 0.29) is 18.5 Å². The van der Waals surface area contributed by atoms with Crippen LogP contribution in [0.15, 0.2) is 40.8 Å². The van der Waals surface area contributed by atoms with Crippen molar-refractivity contribution in [1.29, 1.82) is 0 Å². The first-order valence-electron chi connectivity index (χ1n) is 8.00. The molecule has 4 heteroatoms. The third-order valence-corrected chi connectivity index (χ3v) is 3.64. The Bertz CT molecular complexity index is 707. The Kier molecular flexibility index (Phi) is 6.08. The molecular weight excluding hydrogens is 302 g/mol. The first-order valence-corrected chi connectivity index (χ1v) is 8.00. The minimum atomic E-state index is -0.423. The Labute approximate surface area is 143 Å². The van der Waals surface area contributed by atoms with Crippen molar-refractivity contribution in [3.8, 4) is 12.3 Å². The lowest BCUT2D eigenvalue weighted by Gasteiger charge is -2.21. The smallest absolute Gasteiger partial charge is 0.329 e. The predicted molar refractivity (Wildman–Crippen MR) is 94.5 cm³/mol. The maximum Gasteiger partial charge on any atom is 0.329 e. The van der Waals surface area contributed by atoms with Gasteiger partial charge in [0.15, 0.2) is 0 Å². The highest BCUT2D eigenvalue weighted by Gasteiger charge is 2.24. The van der Waals surface area contributed by atoms with E-state index in [4.69, 9.17) is 15.6 Å². The van der Waals surface area contributed by atoms with Gasteiger partial charge in [0, 0.05) is 5.69 Å². The Balaban J connectivity index is 1.95. The standard InChI is InChI=1S/C20H23NO3/c1-5-6-17-11-12-18(24-17)13-23-20(22)19(14(2)3)21-16-9-7-15(4)8-10-16/h1,7-12,14,19,21H,6,13H2,2-4H3/t19-/m0/s1. The van der Waals surface area contributed by atoms with E-state index in [0.29, 0.717) is 17.9 Å². The van der Waals surface area contributed by atoms with Gasteiger partial charge in [-0.05, 0) is 37.1 Å². The predicted octanol–water partition coefficient (Wildman–Crippen LogP) is 3.94. The molecule has 2 aromatic rings. The van der Waals surface area contributed by atoms with Crippen molar-refractivity contribution in [3.63, 3.8) is 0 Å². The van der Waals surface area contributed by atoms with Gasteiger partial charge in [-0.1, -0.05) is 37.5 Å². The zero-order chi connectivity index (χ0) is 17.5. The number of nitrogens with one attached hydrogen (secondary N) is 1. The lowest BCUT2D eigenvalue weighted by molar-refractivity contribution is -0.147. The third kappa shape index (κ3) is 4.92. The SMILES string of the molecule is C#CCc1ccc(COC(=O)[C@@H](Nc2ccc(C)cc2)C(C)C)o1. The van der Waals surface area contributed by atoms with Gasteiger partial charge in [-0.15, -0.1) is 6.42 Å². The fourth-order valence-corrected chi connectivity index (χ4v) is 2.25. The van der Waals surface area contributed by atoms with E-state index >= 15 is 0 Å². The van der Waals surface area contributed by atoms with Crippen LogP contribution in [0.1, 0.15) is 30.9 Å². The molecule has 0 aliphatic rings. The van der Waals surface area contributed by atoms with Crippen molar-refractivity contribution in [3.05, 3.63) is 53.5 Å². The number of carbonyl (C=O) groups is 1. The molecule has 1 aromatic carbocycles. The van der Waals surface area contributed by atoms with Gasteiger partial charge in [-0.25, -0.2) is 4.79 Å². The largest absolute Gasteiger partial charge is 0.461 e. The fourth-order valence-electron chi connectivity index (χ4n) is 2.25. The Hall–Kier alpha value is -2.67. The summed E-state index contributed by atoms with van der Waals surface area (Å²) in [7, 11) is 0. The summed E-state index contributed by atoms with van der Waals surface area (Å²) in [6.07, 6.45) is 5.67. The average molecular weight is 325 g/mol. The summed E-state index contributed by atoms with van der Waals surface area (Å²) in [4.78, 5) is 12.4. The Morgan fingerprint density at radius 1 is 1.21 bits per heavy atom. The third-order valence-electron chi connectivity index (χ3n) is 3.64. The molecule has 1 aromatic heterocycles. The summed E-state index contributed by atoms with van der Waals surface area (Å²) in [6, 6.07) is 11.1. The topological polar surface area (TPSA) is 51.5 Å². The summed E-state index contributed by atoms with van der Waals surface area (Å²) in [5, 5.41) is 3.24. The van der Waals surface area contributed by atoms with Gasteiger partial charge in [-0.3, -0.25) is 0 Å². The molecule has 0 bridgehead atoms. The Morgan fingerprint density at radius 3 is 2.50 bits per heavy atom. The number of terminal acetylenes is 1. The van der Waals surface area contributed by atoms with E-state index in [0.717, 1.165) is 5.69 Å². The van der Waals surface area contributed by atoms with E-state index in [1.54, 1.807) is 12.1 Å². The minimum Gasteiger partial charge on any atom is -0.461 e. The molecule has 1 N–H and O–H groups in total. The van der Waals surface area contributed by atoms with Crippen LogP contribution < -0.4 is 5.32 Å². The molecule has 0 fully saturated rings. The molecule has 0 unspecified atom stereocenters. The highest BCUT2D eigenvalue weighted by molar-refractivity contribution is 5.79. The van der Waals surface area contributed by atoms with Crippen LogP contribution in [-0.2, 0) is 22.6 Å². The Morgan fingerprint density at radius 2 is 1.88 bits per heavy atom. The molecule has 0 aliphatic heterocycles. The monoisotopic (exact) mass is 325 g/mol. The summed E-state index contributed by atoms with van der Waals surface area (Å²) in [5.74, 6) is 3.59. The zero-order valence-electron chi connectivity index (χ0n) is 14.3. The second-order valence-electron chi connectivity index (χ2n) is 6.09. The van der Waals surface area contributed by atoms with Crippen LogP contribution in [0.4, 0.5) is 5.69 Å². The number of carbonyl (C=O) groups excluding carboxylic acids is 1. The number of hydrogen-bond acceptors (Lipinski definition) is 4. The first-order chi connectivity index (χ1) is 11.5. The van der Waals surface area contributed by atoms with E-state index < -0.39 is 6.04 Å². The van der Waals surface area contributed by atoms with Crippen LogP contribution in [-0.4, -0.2) is 12.0 Å². The number of esters is 1. The number of hydrogen-bond donors (Lipinski definition) is 1. The highest BCUT2D eigenvalue weighted by atomic mass is 16.5. The maximum absolute atomic E-state index is 12.4. The van der Waals surface area contributed by atoms with Crippen molar-refractivity contribution in [1.82, 2.24) is 0 Å². The lowest BCUT2D eigenvalue weighted by Crippen LogP contribution is -2.36. The number of ether oxygens (including phenoxy) is 1. The molecule has 4 nitrogen and oxygen atoms in total. The number of furan rings is 1. The molecule has 0 spiro atoms. The fraction of sp³-hybridized carbons (Fsp3) is 0.350. The van der Waals surface area contributed by atoms with Gasteiger partial charge in [0.05, 0.1) is 6.42 Å². The normalized spacial score (nSPS) is 11.8. The van der Waals surface area contributed by atoms with Crippen molar-refractivity contribution < 1.29 is 13.9 Å². The second-order valence-corrected chi connectivity index (χ2v) is 6.09. The minimum absolute atomic E-state index is 0.0902. The number of aryl methyl sites for hydroxylation is 1. The second kappa shape index (κ2) is 8.26. The molecule has 1 heterocycles. The summed E-state index contributed by atoms with van der Waals surface area (Å²) in [6.45, 7) is 6.08. The van der Waals surface area contributed by atoms with E-state index in [9.17, 15) is 4.79 Å². The van der Waals surface area contributed by atoms with E-state index in [1.807, 2.05) is 45.0 Å². The quantitative estimate of drug-likeness (QED) is 0.619. The van der Waals surface area contributed by atoms with Gasteiger partial charge in [-0.2, -0.15) is 0 Å². The molecule has 0 saturated carbocycles. The van der Waals surface area contributed by atoms with Gasteiger partial charge in [0.1, 0.15) is 24.2 Å². The van der Waals surface area contributed by atoms with Crippen LogP contribution in [0.25, 0.3) is 0 Å². The number of anilines is 1.